The van der Waals surface area contributed by atoms with Gasteiger partial charge in [0, 0.05) is 12.0 Å². The van der Waals surface area contributed by atoms with E-state index in [9.17, 15) is 8.78 Å². The predicted molar refractivity (Wildman–Crippen MR) is 189 cm³/mol. The van der Waals surface area contributed by atoms with E-state index < -0.39 is 65.6 Å². The van der Waals surface area contributed by atoms with Gasteiger partial charge in [-0.2, -0.15) is 0 Å². The molecule has 0 amide bonds. The first-order valence-electron chi connectivity index (χ1n) is 16.1. The van der Waals surface area contributed by atoms with Gasteiger partial charge >= 0.3 is 6.72 Å². The molecule has 3 aromatic rings. The van der Waals surface area contributed by atoms with Crippen LogP contribution in [0.25, 0.3) is 11.2 Å². The van der Waals surface area contributed by atoms with Gasteiger partial charge in [-0.15, -0.1) is 0 Å². The number of nitrogens with two attached hydrogens (primary N) is 1. The molecule has 2 aliphatic rings. The van der Waals surface area contributed by atoms with E-state index in [2.05, 4.69) is 82.7 Å². The van der Waals surface area contributed by atoms with Gasteiger partial charge in [0.15, 0.2) is 34.3 Å². The zero-order chi connectivity index (χ0) is 35.4. The molecule has 11 nitrogen and oxygen atoms in total. The van der Waals surface area contributed by atoms with Crippen LogP contribution < -0.4 is 5.73 Å². The van der Waals surface area contributed by atoms with Crippen molar-refractivity contribution in [3.8, 4) is 0 Å². The monoisotopic (exact) mass is 743 g/mol. The van der Waals surface area contributed by atoms with Crippen molar-refractivity contribution < 1.29 is 35.9 Å². The maximum absolute atomic E-state index is 14.7. The Kier molecular flexibility index (Phi) is 10.5. The van der Waals surface area contributed by atoms with E-state index >= 15 is 0 Å². The normalized spacial score (nSPS) is 27.5. The molecule has 4 heterocycles. The smallest absolute Gasteiger partial charge is 0.327 e. The molecule has 2 aromatic heterocycles. The van der Waals surface area contributed by atoms with Crippen LogP contribution in [-0.4, -0.2) is 67.7 Å². The molecule has 2 saturated heterocycles. The molecule has 48 heavy (non-hydrogen) atoms. The van der Waals surface area contributed by atoms with Gasteiger partial charge in [-0.1, -0.05) is 41.5 Å². The molecular weight excluding hydrogens is 696 g/mol. The van der Waals surface area contributed by atoms with Crippen molar-refractivity contribution in [1.29, 1.82) is 0 Å². The van der Waals surface area contributed by atoms with Gasteiger partial charge in [-0.25, -0.2) is 23.7 Å². The van der Waals surface area contributed by atoms with Crippen LogP contribution in [0, 0.1) is 11.6 Å². The quantitative estimate of drug-likeness (QED) is 0.171. The van der Waals surface area contributed by atoms with Crippen LogP contribution in [0.1, 0.15) is 65.9 Å². The number of fused-ring (bicyclic) bond motifs is 1. The lowest BCUT2D eigenvalue weighted by Gasteiger charge is -2.44. The zero-order valence-corrected chi connectivity index (χ0v) is 33.0. The summed E-state index contributed by atoms with van der Waals surface area (Å²) in [5.74, 6) is -0.905. The number of ether oxygens (including phenoxy) is 1. The van der Waals surface area contributed by atoms with E-state index in [0.717, 1.165) is 18.2 Å². The van der Waals surface area contributed by atoms with Gasteiger partial charge in [0.05, 0.1) is 25.6 Å². The van der Waals surface area contributed by atoms with Crippen molar-refractivity contribution in [1.82, 2.24) is 19.5 Å². The topological polar surface area (TPSA) is 125 Å². The van der Waals surface area contributed by atoms with Crippen molar-refractivity contribution in [2.24, 2.45) is 0 Å². The fourth-order valence-corrected chi connectivity index (χ4v) is 9.85. The predicted octanol–water partition coefficient (Wildman–Crippen LogP) is 7.78. The van der Waals surface area contributed by atoms with Gasteiger partial charge in [0.25, 0.3) is 0 Å². The summed E-state index contributed by atoms with van der Waals surface area (Å²) in [5.41, 5.74) is 7.17. The maximum atomic E-state index is 14.7. The lowest BCUT2D eigenvalue weighted by Crippen LogP contribution is -2.54. The minimum absolute atomic E-state index is 0.0630. The Hall–Kier alpha value is -1.73. The summed E-state index contributed by atoms with van der Waals surface area (Å²) < 4.78 is 69.9. The lowest BCUT2D eigenvalue weighted by atomic mass is 10.1. The molecule has 2 unspecified atom stereocenters. The van der Waals surface area contributed by atoms with Crippen LogP contribution >= 0.6 is 6.72 Å². The molecular formula is C31H48F2N5O6PSSi2. The van der Waals surface area contributed by atoms with Crippen LogP contribution in [0.15, 0.2) is 30.9 Å². The zero-order valence-electron chi connectivity index (χ0n) is 29.3. The molecule has 0 aliphatic carbocycles. The third-order valence-electron chi connectivity index (χ3n) is 10.0. The largest absolute Gasteiger partial charge is 0.408 e. The van der Waals surface area contributed by atoms with Gasteiger partial charge < -0.3 is 32.9 Å². The van der Waals surface area contributed by atoms with E-state index in [1.54, 1.807) is 6.33 Å². The minimum atomic E-state index is -3.41. The fourth-order valence-electron chi connectivity index (χ4n) is 5.14. The summed E-state index contributed by atoms with van der Waals surface area (Å²) in [5, 5.41) is -0.260. The van der Waals surface area contributed by atoms with Crippen LogP contribution in [0.3, 0.4) is 0 Å². The van der Waals surface area contributed by atoms with Crippen molar-refractivity contribution in [2.75, 3.05) is 18.9 Å². The molecule has 2 N–H and O–H groups in total. The highest BCUT2D eigenvalue weighted by molar-refractivity contribution is 8.07. The van der Waals surface area contributed by atoms with Crippen molar-refractivity contribution in [3.05, 3.63) is 48.1 Å². The number of halogens is 2. The van der Waals surface area contributed by atoms with Gasteiger partial charge in [-0.05, 0) is 66.3 Å². The molecule has 0 bridgehead atoms. The van der Waals surface area contributed by atoms with Crippen LogP contribution in [-0.2, 0) is 39.0 Å². The van der Waals surface area contributed by atoms with Gasteiger partial charge in [0.2, 0.25) is 0 Å². The highest BCUT2D eigenvalue weighted by atomic mass is 32.5. The number of aromatic nitrogens is 4. The Morgan fingerprint density at radius 1 is 1.00 bits per heavy atom. The molecule has 2 aliphatic heterocycles. The molecule has 0 spiro atoms. The molecule has 5 rings (SSSR count). The first kappa shape index (κ1) is 37.5. The fraction of sp³-hybridized carbons (Fsp3) is 0.645. The van der Waals surface area contributed by atoms with Gasteiger partial charge in [-0.3, -0.25) is 4.57 Å². The Morgan fingerprint density at radius 3 is 2.29 bits per heavy atom. The summed E-state index contributed by atoms with van der Waals surface area (Å²) in [7, 11) is -4.86. The number of hydrogen-bond donors (Lipinski definition) is 1. The van der Waals surface area contributed by atoms with Gasteiger partial charge in [0.1, 0.15) is 41.8 Å². The second-order valence-corrected chi connectivity index (χ2v) is 27.9. The van der Waals surface area contributed by atoms with Crippen molar-refractivity contribution in [3.63, 3.8) is 0 Å². The van der Waals surface area contributed by atoms with Crippen molar-refractivity contribution >= 4 is 52.1 Å². The molecule has 2 fully saturated rings. The van der Waals surface area contributed by atoms with Crippen LogP contribution in [0.5, 0.6) is 0 Å². The van der Waals surface area contributed by atoms with Crippen molar-refractivity contribution in [2.45, 2.75) is 115 Å². The highest BCUT2D eigenvalue weighted by Gasteiger charge is 2.55. The van der Waals surface area contributed by atoms with E-state index in [4.69, 9.17) is 44.7 Å². The molecule has 266 valence electrons. The summed E-state index contributed by atoms with van der Waals surface area (Å²) in [6.45, 7) is 18.4. The van der Waals surface area contributed by atoms with E-state index in [1.165, 1.54) is 6.33 Å². The number of imidazole rings is 1. The molecule has 1 aromatic carbocycles. The third-order valence-corrected chi connectivity index (χ3v) is 21.3. The third kappa shape index (κ3) is 7.63. The molecule has 0 radical (unpaired) electrons. The summed E-state index contributed by atoms with van der Waals surface area (Å²) in [6.07, 6.45) is -0.107. The average Bonchev–Trinajstić information content (AvgIpc) is 3.54. The summed E-state index contributed by atoms with van der Waals surface area (Å²) in [4.78, 5) is 13.1. The number of rotatable bonds is 9. The summed E-state index contributed by atoms with van der Waals surface area (Å²) >= 11 is 5.77. The number of nitrogen functional groups attached to an aromatic ring is 1. The number of nitrogens with zero attached hydrogens (tertiary/aromatic N) is 4. The van der Waals surface area contributed by atoms with E-state index in [1.807, 2.05) is 4.57 Å². The first-order valence-corrected chi connectivity index (χ1v) is 24.5. The molecule has 17 heteroatoms. The molecule has 6 atom stereocenters. The van der Waals surface area contributed by atoms with Crippen LogP contribution in [0.4, 0.5) is 14.6 Å². The Bertz CT molecular complexity index is 1690. The summed E-state index contributed by atoms with van der Waals surface area (Å²) in [6, 6.07) is 3.25. The number of hydrogen-bond acceptors (Lipinski definition) is 11. The Morgan fingerprint density at radius 2 is 1.65 bits per heavy atom. The highest BCUT2D eigenvalue weighted by Crippen LogP contribution is 2.58. The second-order valence-electron chi connectivity index (χ2n) is 15.5. The Balaban J connectivity index is 1.52. The Labute approximate surface area is 288 Å². The van der Waals surface area contributed by atoms with E-state index in [-0.39, 0.29) is 34.7 Å². The number of benzene rings is 1. The SMILES string of the molecule is CC(C)(C)[Si](C)(C)O[C@@H]1[C@H](O[Si](C)(C)C(C)(C)C)[C@@H](COP2(=S)OCCC(c3cc(F)ccc3F)O2)O[C@H]1n1cnc2c(N)ncnc21. The second kappa shape index (κ2) is 13.4. The minimum Gasteiger partial charge on any atom is -0.408 e. The first-order chi connectivity index (χ1) is 22.1. The van der Waals surface area contributed by atoms with E-state index in [0.29, 0.717) is 17.6 Å². The van der Waals surface area contributed by atoms with Crippen LogP contribution in [0.2, 0.25) is 36.3 Å². The average molecular weight is 744 g/mol. The lowest BCUT2D eigenvalue weighted by molar-refractivity contribution is -0.0515. The number of anilines is 1. The molecule has 0 saturated carbocycles. The maximum Gasteiger partial charge on any atom is 0.327 e. The standard InChI is InChI=1S/C31H48F2N5O6PSSi2/c1-30(2,3)47(7,8)43-25-23(16-40-45(46)39-14-13-22(42-45)20-15-19(32)11-12-21(20)33)41-29(26(25)44-48(9,10)31(4,5)6)38-18-37-24-27(34)35-17-36-28(24)38/h11-12,15,17-18,22-23,25-26,29H,13-14,16H2,1-10H3,(H2,34,35,36)/t22?,23-,25-,26-,29-,45?/m1/s1.